The van der Waals surface area contributed by atoms with Crippen LogP contribution in [0, 0.1) is 0 Å². The Labute approximate surface area is 119 Å². The second-order valence-electron chi connectivity index (χ2n) is 3.97. The first-order valence-corrected chi connectivity index (χ1v) is 6.45. The van der Waals surface area contributed by atoms with Gasteiger partial charge < -0.3 is 15.8 Å². The summed E-state index contributed by atoms with van der Waals surface area (Å²) >= 11 is 3.39. The highest BCUT2D eigenvalue weighted by atomic mass is 79.9. The second kappa shape index (κ2) is 5.75. The van der Waals surface area contributed by atoms with Gasteiger partial charge in [-0.1, -0.05) is 12.1 Å². The molecule has 19 heavy (non-hydrogen) atoms. The average molecular weight is 321 g/mol. The highest BCUT2D eigenvalue weighted by Crippen LogP contribution is 2.34. The van der Waals surface area contributed by atoms with Gasteiger partial charge in [0, 0.05) is 12.6 Å². The molecule has 5 heteroatoms. The minimum Gasteiger partial charge on any atom is -0.454 e. The Kier molecular flexibility index (Phi) is 4.06. The number of halogens is 1. The maximum Gasteiger partial charge on any atom is 0.221 e. The summed E-state index contributed by atoms with van der Waals surface area (Å²) in [7, 11) is 0. The summed E-state index contributed by atoms with van der Waals surface area (Å²) in [4.78, 5) is 11.1. The number of hydrogen-bond donors (Lipinski definition) is 2. The molecule has 0 fully saturated rings. The zero-order chi connectivity index (χ0) is 13.8. The van der Waals surface area contributed by atoms with Crippen LogP contribution >= 0.6 is 15.9 Å². The number of para-hydroxylation sites is 2. The van der Waals surface area contributed by atoms with Crippen LogP contribution < -0.4 is 15.8 Å². The molecule has 0 aromatic heterocycles. The number of anilines is 2. The van der Waals surface area contributed by atoms with Gasteiger partial charge in [-0.3, -0.25) is 4.79 Å². The predicted octanol–water partition coefficient (Wildman–Crippen LogP) is 3.78. The molecule has 0 aliphatic carbocycles. The first-order chi connectivity index (χ1) is 9.06. The van der Waals surface area contributed by atoms with Gasteiger partial charge in [0.05, 0.1) is 10.2 Å². The van der Waals surface area contributed by atoms with Gasteiger partial charge in [0.2, 0.25) is 5.91 Å². The highest BCUT2D eigenvalue weighted by molar-refractivity contribution is 9.10. The monoisotopic (exact) mass is 320 g/mol. The van der Waals surface area contributed by atoms with Crippen LogP contribution in [0.1, 0.15) is 6.92 Å². The molecule has 0 radical (unpaired) electrons. The van der Waals surface area contributed by atoms with Crippen molar-refractivity contribution >= 4 is 33.2 Å². The van der Waals surface area contributed by atoms with Crippen molar-refractivity contribution in [3.05, 3.63) is 46.9 Å². The van der Waals surface area contributed by atoms with Gasteiger partial charge in [-0.05, 0) is 46.3 Å². The molecule has 3 N–H and O–H groups in total. The van der Waals surface area contributed by atoms with E-state index in [1.165, 1.54) is 6.92 Å². The number of nitrogens with one attached hydrogen (secondary N) is 1. The van der Waals surface area contributed by atoms with Crippen LogP contribution in [-0.4, -0.2) is 5.91 Å². The quantitative estimate of drug-likeness (QED) is 0.846. The lowest BCUT2D eigenvalue weighted by Gasteiger charge is -2.12. The average Bonchev–Trinajstić information content (AvgIpc) is 2.34. The van der Waals surface area contributed by atoms with Gasteiger partial charge >= 0.3 is 0 Å². The number of benzene rings is 2. The lowest BCUT2D eigenvalue weighted by Crippen LogP contribution is -2.06. The molecule has 0 bridgehead atoms. The summed E-state index contributed by atoms with van der Waals surface area (Å²) in [5.41, 5.74) is 6.95. The third-order valence-corrected chi connectivity index (χ3v) is 2.99. The van der Waals surface area contributed by atoms with E-state index in [9.17, 15) is 4.79 Å². The topological polar surface area (TPSA) is 64.3 Å². The normalized spacial score (nSPS) is 10.0. The fourth-order valence-electron chi connectivity index (χ4n) is 1.57. The zero-order valence-corrected chi connectivity index (χ0v) is 11.9. The van der Waals surface area contributed by atoms with E-state index in [2.05, 4.69) is 21.2 Å². The number of nitrogen functional groups attached to an aromatic ring is 1. The van der Waals surface area contributed by atoms with E-state index < -0.39 is 0 Å². The number of amides is 1. The van der Waals surface area contributed by atoms with E-state index in [4.69, 9.17) is 10.5 Å². The molecule has 2 aromatic rings. The lowest BCUT2D eigenvalue weighted by atomic mass is 10.2. The first-order valence-electron chi connectivity index (χ1n) is 5.66. The van der Waals surface area contributed by atoms with Crippen LogP contribution in [-0.2, 0) is 4.79 Å². The standard InChI is InChI=1S/C14H13BrN2O2/c1-9(18)17-12-4-2-3-5-14(12)19-13-7-6-10(16)8-11(13)15/h2-8H,16H2,1H3,(H,17,18). The SMILES string of the molecule is CC(=O)Nc1ccccc1Oc1ccc(N)cc1Br. The van der Waals surface area contributed by atoms with Crippen molar-refractivity contribution in [2.75, 3.05) is 11.1 Å². The van der Waals surface area contributed by atoms with E-state index >= 15 is 0 Å². The Morgan fingerprint density at radius 2 is 1.95 bits per heavy atom. The molecule has 2 rings (SSSR count). The number of rotatable bonds is 3. The van der Waals surface area contributed by atoms with Crippen molar-refractivity contribution < 1.29 is 9.53 Å². The summed E-state index contributed by atoms with van der Waals surface area (Å²) < 4.78 is 6.53. The van der Waals surface area contributed by atoms with Crippen molar-refractivity contribution in [1.29, 1.82) is 0 Å². The number of hydrogen-bond acceptors (Lipinski definition) is 3. The molecule has 2 aromatic carbocycles. The third-order valence-electron chi connectivity index (χ3n) is 2.37. The van der Waals surface area contributed by atoms with Crippen LogP contribution in [0.4, 0.5) is 11.4 Å². The van der Waals surface area contributed by atoms with Crippen LogP contribution in [0.25, 0.3) is 0 Å². The van der Waals surface area contributed by atoms with E-state index in [-0.39, 0.29) is 5.91 Å². The van der Waals surface area contributed by atoms with Crippen LogP contribution in [0.2, 0.25) is 0 Å². The van der Waals surface area contributed by atoms with Gasteiger partial charge in [-0.25, -0.2) is 0 Å². The summed E-state index contributed by atoms with van der Waals surface area (Å²) in [6, 6.07) is 12.5. The summed E-state index contributed by atoms with van der Waals surface area (Å²) in [6.07, 6.45) is 0. The number of carbonyl (C=O) groups excluding carboxylic acids is 1. The minimum absolute atomic E-state index is 0.146. The number of ether oxygens (including phenoxy) is 1. The fourth-order valence-corrected chi connectivity index (χ4v) is 2.04. The van der Waals surface area contributed by atoms with Crippen LogP contribution in [0.3, 0.4) is 0 Å². The predicted molar refractivity (Wildman–Crippen MR) is 79.4 cm³/mol. The molecule has 98 valence electrons. The molecule has 4 nitrogen and oxygen atoms in total. The van der Waals surface area contributed by atoms with Crippen molar-refractivity contribution in [1.82, 2.24) is 0 Å². The Morgan fingerprint density at radius 3 is 2.63 bits per heavy atom. The van der Waals surface area contributed by atoms with Gasteiger partial charge in [-0.2, -0.15) is 0 Å². The zero-order valence-electron chi connectivity index (χ0n) is 10.3. The second-order valence-corrected chi connectivity index (χ2v) is 4.82. The van der Waals surface area contributed by atoms with E-state index in [1.54, 1.807) is 30.3 Å². The lowest BCUT2D eigenvalue weighted by molar-refractivity contribution is -0.114. The maximum atomic E-state index is 11.1. The van der Waals surface area contributed by atoms with E-state index in [0.29, 0.717) is 22.9 Å². The molecule has 1 amide bonds. The van der Waals surface area contributed by atoms with Crippen molar-refractivity contribution in [2.24, 2.45) is 0 Å². The molecule has 0 aliphatic rings. The Bertz CT molecular complexity index is 614. The minimum atomic E-state index is -0.146. The van der Waals surface area contributed by atoms with Crippen molar-refractivity contribution in [3.8, 4) is 11.5 Å². The molecule has 0 heterocycles. The van der Waals surface area contributed by atoms with Crippen LogP contribution in [0.5, 0.6) is 11.5 Å². The largest absolute Gasteiger partial charge is 0.454 e. The molecular weight excluding hydrogens is 308 g/mol. The van der Waals surface area contributed by atoms with Crippen molar-refractivity contribution in [2.45, 2.75) is 6.92 Å². The van der Waals surface area contributed by atoms with Crippen LogP contribution in [0.15, 0.2) is 46.9 Å². The van der Waals surface area contributed by atoms with Gasteiger partial charge in [-0.15, -0.1) is 0 Å². The summed E-state index contributed by atoms with van der Waals surface area (Å²) in [6.45, 7) is 1.45. The first kappa shape index (κ1) is 13.4. The number of carbonyl (C=O) groups is 1. The summed E-state index contributed by atoms with van der Waals surface area (Å²) in [5, 5.41) is 2.72. The fraction of sp³-hybridized carbons (Fsp3) is 0.0714. The molecule has 0 atom stereocenters. The third kappa shape index (κ3) is 3.48. The molecule has 0 saturated carbocycles. The van der Waals surface area contributed by atoms with Gasteiger partial charge in [0.1, 0.15) is 5.75 Å². The maximum absolute atomic E-state index is 11.1. The Morgan fingerprint density at radius 1 is 1.21 bits per heavy atom. The Balaban J connectivity index is 2.30. The highest BCUT2D eigenvalue weighted by Gasteiger charge is 2.08. The Hall–Kier alpha value is -2.01. The number of nitrogens with two attached hydrogens (primary N) is 1. The van der Waals surface area contributed by atoms with Gasteiger partial charge in [0.25, 0.3) is 0 Å². The molecular formula is C14H13BrN2O2. The molecule has 0 aliphatic heterocycles. The van der Waals surface area contributed by atoms with E-state index in [1.807, 2.05) is 12.1 Å². The van der Waals surface area contributed by atoms with Gasteiger partial charge in [0.15, 0.2) is 5.75 Å². The molecule has 0 spiro atoms. The molecule has 0 unspecified atom stereocenters. The molecule has 0 saturated heterocycles. The smallest absolute Gasteiger partial charge is 0.221 e. The van der Waals surface area contributed by atoms with E-state index in [0.717, 1.165) is 4.47 Å². The van der Waals surface area contributed by atoms with Crippen molar-refractivity contribution in [3.63, 3.8) is 0 Å². The summed E-state index contributed by atoms with van der Waals surface area (Å²) in [5.74, 6) is 1.06.